The van der Waals surface area contributed by atoms with Crippen molar-refractivity contribution in [2.45, 2.75) is 6.92 Å². The van der Waals surface area contributed by atoms with Gasteiger partial charge in [-0.25, -0.2) is 0 Å². The molecule has 8 heteroatoms. The first kappa shape index (κ1) is 17.3. The Morgan fingerprint density at radius 3 is 2.77 bits per heavy atom. The van der Waals surface area contributed by atoms with Crippen molar-refractivity contribution in [2.24, 2.45) is 0 Å². The number of aromatic nitrogens is 1. The minimum absolute atomic E-state index is 0.108. The number of nitrogens with zero attached hydrogens (tertiary/aromatic N) is 1. The van der Waals surface area contributed by atoms with Crippen molar-refractivity contribution in [3.05, 3.63) is 58.3 Å². The summed E-state index contributed by atoms with van der Waals surface area (Å²) in [6.07, 6.45) is 1.75. The molecular formula is C18H17N3O5. The number of H-pyrrole nitrogens is 1. The first-order valence-electron chi connectivity index (χ1n) is 7.91. The summed E-state index contributed by atoms with van der Waals surface area (Å²) in [4.78, 5) is 26.6. The van der Waals surface area contributed by atoms with Crippen molar-refractivity contribution in [3.63, 3.8) is 0 Å². The van der Waals surface area contributed by atoms with E-state index in [2.05, 4.69) is 10.3 Å². The highest BCUT2D eigenvalue weighted by atomic mass is 16.6. The van der Waals surface area contributed by atoms with E-state index in [0.29, 0.717) is 12.3 Å². The van der Waals surface area contributed by atoms with E-state index in [4.69, 9.17) is 9.47 Å². The maximum absolute atomic E-state index is 12.7. The van der Waals surface area contributed by atoms with Gasteiger partial charge in [0.1, 0.15) is 5.56 Å². The van der Waals surface area contributed by atoms with Crippen molar-refractivity contribution in [3.8, 4) is 11.5 Å². The average molecular weight is 355 g/mol. The van der Waals surface area contributed by atoms with Crippen LogP contribution in [0.1, 0.15) is 17.3 Å². The first-order chi connectivity index (χ1) is 12.5. The quantitative estimate of drug-likeness (QED) is 0.517. The van der Waals surface area contributed by atoms with E-state index in [1.165, 1.54) is 19.2 Å². The van der Waals surface area contributed by atoms with E-state index in [-0.39, 0.29) is 22.7 Å². The first-order valence-corrected chi connectivity index (χ1v) is 7.91. The van der Waals surface area contributed by atoms with Crippen LogP contribution in [0, 0.1) is 10.1 Å². The lowest BCUT2D eigenvalue weighted by atomic mass is 10.1. The van der Waals surface area contributed by atoms with Gasteiger partial charge in [-0.05, 0) is 25.1 Å². The largest absolute Gasteiger partial charge is 0.493 e. The second-order valence-corrected chi connectivity index (χ2v) is 5.41. The molecular weight excluding hydrogens is 338 g/mol. The molecule has 0 unspecified atom stereocenters. The van der Waals surface area contributed by atoms with Gasteiger partial charge in [0.25, 0.3) is 11.6 Å². The number of aromatic amines is 1. The van der Waals surface area contributed by atoms with Crippen LogP contribution >= 0.6 is 0 Å². The minimum atomic E-state index is -0.617. The number of hydrogen-bond acceptors (Lipinski definition) is 5. The van der Waals surface area contributed by atoms with E-state index in [1.807, 2.05) is 12.1 Å². The number of carbonyl (C=O) groups excluding carboxylic acids is 1. The summed E-state index contributed by atoms with van der Waals surface area (Å²) in [5, 5.41) is 15.0. The summed E-state index contributed by atoms with van der Waals surface area (Å²) >= 11 is 0. The molecule has 3 rings (SSSR count). The average Bonchev–Trinajstić information content (AvgIpc) is 3.11. The topological polar surface area (TPSA) is 106 Å². The molecule has 0 spiro atoms. The van der Waals surface area contributed by atoms with Crippen LogP contribution in [-0.2, 0) is 0 Å². The third kappa shape index (κ3) is 3.16. The summed E-state index contributed by atoms with van der Waals surface area (Å²) in [7, 11) is 1.41. The molecule has 0 aliphatic heterocycles. The lowest BCUT2D eigenvalue weighted by molar-refractivity contribution is -0.385. The Labute approximate surface area is 148 Å². The van der Waals surface area contributed by atoms with Crippen LogP contribution in [0.25, 0.3) is 10.9 Å². The highest BCUT2D eigenvalue weighted by Crippen LogP contribution is 2.35. The van der Waals surface area contributed by atoms with Crippen LogP contribution in [0.5, 0.6) is 11.5 Å². The standard InChI is InChI=1S/C18H17N3O5/c1-3-26-17-10-15(21(23)24)12(9-16(17)25-2)18(22)20-14-6-4-5-13-11(14)7-8-19-13/h4-10,19H,3H2,1-2H3,(H,20,22). The van der Waals surface area contributed by atoms with Gasteiger partial charge < -0.3 is 19.8 Å². The number of nitro groups is 1. The third-order valence-corrected chi connectivity index (χ3v) is 3.87. The number of hydrogen-bond donors (Lipinski definition) is 2. The summed E-state index contributed by atoms with van der Waals surface area (Å²) in [5.41, 5.74) is 0.938. The van der Waals surface area contributed by atoms with Gasteiger partial charge in [-0.15, -0.1) is 0 Å². The van der Waals surface area contributed by atoms with Gasteiger partial charge in [-0.2, -0.15) is 0 Å². The third-order valence-electron chi connectivity index (χ3n) is 3.87. The number of carbonyl (C=O) groups is 1. The molecule has 3 aromatic rings. The molecule has 0 atom stereocenters. The summed E-state index contributed by atoms with van der Waals surface area (Å²) in [6.45, 7) is 2.07. The second kappa shape index (κ2) is 7.14. The van der Waals surface area contributed by atoms with Crippen LogP contribution < -0.4 is 14.8 Å². The van der Waals surface area contributed by atoms with Gasteiger partial charge in [0, 0.05) is 23.2 Å². The number of nitrogens with one attached hydrogen (secondary N) is 2. The number of rotatable bonds is 6. The van der Waals surface area contributed by atoms with Gasteiger partial charge in [-0.3, -0.25) is 14.9 Å². The number of benzene rings is 2. The zero-order valence-electron chi connectivity index (χ0n) is 14.2. The molecule has 0 bridgehead atoms. The SMILES string of the molecule is CCOc1cc([N+](=O)[O-])c(C(=O)Nc2cccc3[nH]ccc23)cc1OC. The molecule has 8 nitrogen and oxygen atoms in total. The lowest BCUT2D eigenvalue weighted by Crippen LogP contribution is -2.14. The molecule has 0 aliphatic rings. The Hall–Kier alpha value is -3.55. The number of methoxy groups -OCH3 is 1. The molecule has 134 valence electrons. The van der Waals surface area contributed by atoms with Gasteiger partial charge in [0.15, 0.2) is 11.5 Å². The van der Waals surface area contributed by atoms with Crippen LogP contribution in [0.4, 0.5) is 11.4 Å². The van der Waals surface area contributed by atoms with E-state index in [9.17, 15) is 14.9 Å². The fourth-order valence-corrected chi connectivity index (χ4v) is 2.69. The number of anilines is 1. The Kier molecular flexibility index (Phi) is 4.74. The van der Waals surface area contributed by atoms with Gasteiger partial charge in [-0.1, -0.05) is 6.07 Å². The molecule has 0 saturated carbocycles. The summed E-state index contributed by atoms with van der Waals surface area (Å²) in [5.74, 6) is -0.139. The Morgan fingerprint density at radius 2 is 2.08 bits per heavy atom. The second-order valence-electron chi connectivity index (χ2n) is 5.41. The lowest BCUT2D eigenvalue weighted by Gasteiger charge is -2.12. The van der Waals surface area contributed by atoms with E-state index in [1.54, 1.807) is 25.3 Å². The van der Waals surface area contributed by atoms with Crippen LogP contribution in [0.3, 0.4) is 0 Å². The molecule has 1 heterocycles. The van der Waals surface area contributed by atoms with Crippen molar-refractivity contribution in [1.82, 2.24) is 4.98 Å². The molecule has 0 aliphatic carbocycles. The van der Waals surface area contributed by atoms with Crippen molar-refractivity contribution >= 4 is 28.2 Å². The normalized spacial score (nSPS) is 10.5. The Morgan fingerprint density at radius 1 is 1.27 bits per heavy atom. The number of nitro benzene ring substituents is 1. The van der Waals surface area contributed by atoms with Crippen LogP contribution in [0.15, 0.2) is 42.6 Å². The van der Waals surface area contributed by atoms with Crippen LogP contribution in [-0.4, -0.2) is 29.5 Å². The minimum Gasteiger partial charge on any atom is -0.493 e. The number of amides is 1. The molecule has 0 radical (unpaired) electrons. The maximum atomic E-state index is 12.7. The fourth-order valence-electron chi connectivity index (χ4n) is 2.69. The molecule has 1 amide bonds. The predicted octanol–water partition coefficient (Wildman–Crippen LogP) is 3.74. The molecule has 0 saturated heterocycles. The molecule has 0 fully saturated rings. The van der Waals surface area contributed by atoms with E-state index in [0.717, 1.165) is 10.9 Å². The smallest absolute Gasteiger partial charge is 0.286 e. The zero-order chi connectivity index (χ0) is 18.7. The fraction of sp³-hybridized carbons (Fsp3) is 0.167. The molecule has 2 N–H and O–H groups in total. The van der Waals surface area contributed by atoms with Crippen molar-refractivity contribution in [2.75, 3.05) is 19.0 Å². The molecule has 26 heavy (non-hydrogen) atoms. The van der Waals surface area contributed by atoms with Gasteiger partial charge in [0.05, 0.1) is 30.4 Å². The number of fused-ring (bicyclic) bond motifs is 1. The zero-order valence-corrected chi connectivity index (χ0v) is 14.2. The molecule has 2 aromatic carbocycles. The van der Waals surface area contributed by atoms with Gasteiger partial charge >= 0.3 is 0 Å². The highest BCUT2D eigenvalue weighted by Gasteiger charge is 2.25. The number of ether oxygens (including phenoxy) is 2. The monoisotopic (exact) mass is 355 g/mol. The Balaban J connectivity index is 2.02. The molecule has 1 aromatic heterocycles. The van der Waals surface area contributed by atoms with Crippen molar-refractivity contribution < 1.29 is 19.2 Å². The van der Waals surface area contributed by atoms with Gasteiger partial charge in [0.2, 0.25) is 0 Å². The van der Waals surface area contributed by atoms with E-state index < -0.39 is 10.8 Å². The van der Waals surface area contributed by atoms with E-state index >= 15 is 0 Å². The summed E-state index contributed by atoms with van der Waals surface area (Å²) < 4.78 is 10.6. The Bertz CT molecular complexity index is 980. The predicted molar refractivity (Wildman–Crippen MR) is 97.1 cm³/mol. The highest BCUT2D eigenvalue weighted by molar-refractivity contribution is 6.11. The summed E-state index contributed by atoms with van der Waals surface area (Å²) in [6, 6.07) is 9.71. The van der Waals surface area contributed by atoms with Crippen LogP contribution in [0.2, 0.25) is 0 Å². The maximum Gasteiger partial charge on any atom is 0.286 e. The van der Waals surface area contributed by atoms with Crippen molar-refractivity contribution in [1.29, 1.82) is 0 Å².